The summed E-state index contributed by atoms with van der Waals surface area (Å²) >= 11 is 0. The SMILES string of the molecule is CCCCCC([C]=O)Cc1ccccc1. The molecule has 1 nitrogen and oxygen atoms in total. The summed E-state index contributed by atoms with van der Waals surface area (Å²) in [5, 5.41) is 0. The second-order valence-corrected chi connectivity index (χ2v) is 4.00. The molecule has 0 bridgehead atoms. The summed E-state index contributed by atoms with van der Waals surface area (Å²) in [5.74, 6) is 0.0824. The lowest BCUT2D eigenvalue weighted by atomic mass is 9.95. The standard InChI is InChI=1S/C14H19O/c1-2-3-5-10-14(12-15)11-13-8-6-4-7-9-13/h4,6-9,14H,2-3,5,10-11H2,1H3. The van der Waals surface area contributed by atoms with Crippen LogP contribution in [-0.4, -0.2) is 6.29 Å². The molecule has 1 unspecified atom stereocenters. The van der Waals surface area contributed by atoms with Gasteiger partial charge in [-0.05, 0) is 18.4 Å². The molecular formula is C14H19O. The molecule has 0 aromatic heterocycles. The molecule has 1 heteroatoms. The molecule has 0 aliphatic heterocycles. The molecule has 1 atom stereocenters. The molecule has 15 heavy (non-hydrogen) atoms. The van der Waals surface area contributed by atoms with E-state index in [1.807, 2.05) is 18.2 Å². The smallest absolute Gasteiger partial charge is 0.202 e. The van der Waals surface area contributed by atoms with Crippen molar-refractivity contribution >= 4 is 6.29 Å². The highest BCUT2D eigenvalue weighted by molar-refractivity contribution is 5.55. The summed E-state index contributed by atoms with van der Waals surface area (Å²) in [6, 6.07) is 10.2. The fraction of sp³-hybridized carbons (Fsp3) is 0.500. The fourth-order valence-electron chi connectivity index (χ4n) is 1.74. The van der Waals surface area contributed by atoms with Crippen LogP contribution in [0.5, 0.6) is 0 Å². The van der Waals surface area contributed by atoms with Gasteiger partial charge in [-0.25, -0.2) is 0 Å². The van der Waals surface area contributed by atoms with E-state index in [0.29, 0.717) is 0 Å². The highest BCUT2D eigenvalue weighted by atomic mass is 16.1. The van der Waals surface area contributed by atoms with Crippen LogP contribution >= 0.6 is 0 Å². The Hall–Kier alpha value is -1.11. The van der Waals surface area contributed by atoms with Crippen LogP contribution in [0.3, 0.4) is 0 Å². The van der Waals surface area contributed by atoms with Crippen molar-refractivity contribution in [1.29, 1.82) is 0 Å². The molecule has 0 aliphatic carbocycles. The normalized spacial score (nSPS) is 12.3. The van der Waals surface area contributed by atoms with Gasteiger partial charge < -0.3 is 0 Å². The van der Waals surface area contributed by atoms with Crippen molar-refractivity contribution in [3.8, 4) is 0 Å². The van der Waals surface area contributed by atoms with Crippen molar-refractivity contribution in [3.05, 3.63) is 35.9 Å². The molecule has 0 saturated carbocycles. The second kappa shape index (κ2) is 7.22. The molecule has 0 fully saturated rings. The largest absolute Gasteiger partial charge is 0.291 e. The van der Waals surface area contributed by atoms with E-state index in [1.165, 1.54) is 18.4 Å². The first-order chi connectivity index (χ1) is 7.36. The van der Waals surface area contributed by atoms with E-state index in [1.54, 1.807) is 0 Å². The lowest BCUT2D eigenvalue weighted by Crippen LogP contribution is -2.05. The second-order valence-electron chi connectivity index (χ2n) is 4.00. The number of benzene rings is 1. The topological polar surface area (TPSA) is 17.1 Å². The predicted molar refractivity (Wildman–Crippen MR) is 63.5 cm³/mol. The van der Waals surface area contributed by atoms with Gasteiger partial charge in [0.15, 0.2) is 0 Å². The maximum absolute atomic E-state index is 10.8. The van der Waals surface area contributed by atoms with Gasteiger partial charge in [-0.3, -0.25) is 4.79 Å². The average Bonchev–Trinajstić information content (AvgIpc) is 2.29. The Morgan fingerprint density at radius 2 is 1.93 bits per heavy atom. The minimum Gasteiger partial charge on any atom is -0.291 e. The van der Waals surface area contributed by atoms with Gasteiger partial charge >= 0.3 is 0 Å². The summed E-state index contributed by atoms with van der Waals surface area (Å²) in [5.41, 5.74) is 1.24. The number of carbonyl (C=O) groups excluding carboxylic acids is 1. The van der Waals surface area contributed by atoms with Crippen molar-refractivity contribution in [2.45, 2.75) is 39.0 Å². The monoisotopic (exact) mass is 203 g/mol. The Labute approximate surface area is 92.5 Å². The first-order valence-corrected chi connectivity index (χ1v) is 5.78. The number of hydrogen-bond donors (Lipinski definition) is 0. The predicted octanol–water partition coefficient (Wildman–Crippen LogP) is 3.54. The zero-order chi connectivity index (χ0) is 10.9. The van der Waals surface area contributed by atoms with Gasteiger partial charge in [-0.1, -0.05) is 56.5 Å². The van der Waals surface area contributed by atoms with Crippen LogP contribution < -0.4 is 0 Å². The Bertz CT molecular complexity index is 266. The van der Waals surface area contributed by atoms with E-state index >= 15 is 0 Å². The van der Waals surface area contributed by atoms with Gasteiger partial charge in [0.05, 0.1) is 0 Å². The molecule has 0 heterocycles. The highest BCUT2D eigenvalue weighted by Gasteiger charge is 2.08. The molecule has 1 rings (SSSR count). The summed E-state index contributed by atoms with van der Waals surface area (Å²) < 4.78 is 0. The zero-order valence-corrected chi connectivity index (χ0v) is 9.41. The molecule has 0 N–H and O–H groups in total. The summed E-state index contributed by atoms with van der Waals surface area (Å²) in [7, 11) is 0. The third-order valence-electron chi connectivity index (χ3n) is 2.65. The summed E-state index contributed by atoms with van der Waals surface area (Å²) in [6.07, 6.45) is 7.54. The third kappa shape index (κ3) is 4.78. The van der Waals surface area contributed by atoms with Crippen LogP contribution in [0, 0.1) is 5.92 Å². The van der Waals surface area contributed by atoms with Crippen LogP contribution in [0.15, 0.2) is 30.3 Å². The van der Waals surface area contributed by atoms with Gasteiger partial charge in [0.2, 0.25) is 6.29 Å². The minimum atomic E-state index is 0.0824. The van der Waals surface area contributed by atoms with E-state index in [2.05, 4.69) is 25.3 Å². The van der Waals surface area contributed by atoms with Gasteiger partial charge in [0.25, 0.3) is 0 Å². The van der Waals surface area contributed by atoms with Crippen LogP contribution in [-0.2, 0) is 11.2 Å². The van der Waals surface area contributed by atoms with Gasteiger partial charge in [0.1, 0.15) is 0 Å². The lowest BCUT2D eigenvalue weighted by Gasteiger charge is -2.08. The Morgan fingerprint density at radius 3 is 2.53 bits per heavy atom. The van der Waals surface area contributed by atoms with Gasteiger partial charge in [-0.15, -0.1) is 0 Å². The highest BCUT2D eigenvalue weighted by Crippen LogP contribution is 2.13. The van der Waals surface area contributed by atoms with Crippen molar-refractivity contribution in [3.63, 3.8) is 0 Å². The molecule has 0 amide bonds. The van der Waals surface area contributed by atoms with E-state index in [-0.39, 0.29) is 5.92 Å². The quantitative estimate of drug-likeness (QED) is 0.619. The molecule has 81 valence electrons. The van der Waals surface area contributed by atoms with Crippen molar-refractivity contribution in [2.75, 3.05) is 0 Å². The Morgan fingerprint density at radius 1 is 1.20 bits per heavy atom. The van der Waals surface area contributed by atoms with Crippen molar-refractivity contribution < 1.29 is 4.79 Å². The minimum absolute atomic E-state index is 0.0824. The molecule has 0 aliphatic rings. The lowest BCUT2D eigenvalue weighted by molar-refractivity contribution is 0.490. The Balaban J connectivity index is 2.37. The first kappa shape index (κ1) is 12.0. The Kier molecular flexibility index (Phi) is 5.76. The maximum atomic E-state index is 10.8. The van der Waals surface area contributed by atoms with E-state index in [4.69, 9.17) is 0 Å². The summed E-state index contributed by atoms with van der Waals surface area (Å²) in [4.78, 5) is 10.8. The van der Waals surface area contributed by atoms with Crippen LogP contribution in [0.2, 0.25) is 0 Å². The van der Waals surface area contributed by atoms with Crippen molar-refractivity contribution in [2.24, 2.45) is 5.92 Å². The van der Waals surface area contributed by atoms with E-state index in [9.17, 15) is 4.79 Å². The van der Waals surface area contributed by atoms with Crippen LogP contribution in [0.4, 0.5) is 0 Å². The molecule has 1 aromatic carbocycles. The third-order valence-corrected chi connectivity index (χ3v) is 2.65. The van der Waals surface area contributed by atoms with E-state index in [0.717, 1.165) is 19.3 Å². The van der Waals surface area contributed by atoms with Crippen LogP contribution in [0.1, 0.15) is 38.2 Å². The molecular weight excluding hydrogens is 184 g/mol. The van der Waals surface area contributed by atoms with Gasteiger partial charge in [-0.2, -0.15) is 0 Å². The maximum Gasteiger partial charge on any atom is 0.202 e. The first-order valence-electron chi connectivity index (χ1n) is 5.78. The van der Waals surface area contributed by atoms with E-state index < -0.39 is 0 Å². The molecule has 1 radical (unpaired) electrons. The molecule has 0 saturated heterocycles. The van der Waals surface area contributed by atoms with Gasteiger partial charge in [0, 0.05) is 5.92 Å². The van der Waals surface area contributed by atoms with Crippen LogP contribution in [0.25, 0.3) is 0 Å². The molecule has 1 aromatic rings. The number of rotatable bonds is 7. The zero-order valence-electron chi connectivity index (χ0n) is 9.41. The summed E-state index contributed by atoms with van der Waals surface area (Å²) in [6.45, 7) is 2.18. The number of unbranched alkanes of at least 4 members (excludes halogenated alkanes) is 2. The average molecular weight is 203 g/mol. The van der Waals surface area contributed by atoms with Crippen molar-refractivity contribution in [1.82, 2.24) is 0 Å². The number of hydrogen-bond acceptors (Lipinski definition) is 1. The fourth-order valence-corrected chi connectivity index (χ4v) is 1.74. The molecule has 0 spiro atoms.